The number of hydrogen-bond donors (Lipinski definition) is 1. The van der Waals surface area contributed by atoms with Crippen LogP contribution in [0.5, 0.6) is 0 Å². The molecule has 0 aliphatic rings. The topological polar surface area (TPSA) is 42.7 Å². The van der Waals surface area contributed by atoms with Crippen LogP contribution in [0.1, 0.15) is 38.9 Å². The molecule has 0 fully saturated rings. The Labute approximate surface area is 112 Å². The molecule has 1 N–H and O–H groups in total. The maximum absolute atomic E-state index is 4.71. The third-order valence-electron chi connectivity index (χ3n) is 2.90. The highest BCUT2D eigenvalue weighted by atomic mass is 32.1. The van der Waals surface area contributed by atoms with Crippen LogP contribution in [0.25, 0.3) is 10.7 Å². The van der Waals surface area contributed by atoms with Crippen molar-refractivity contribution in [2.45, 2.75) is 39.8 Å². The number of nitrogens with one attached hydrogen (secondary N) is 1. The van der Waals surface area contributed by atoms with Gasteiger partial charge in [0.1, 0.15) is 5.01 Å². The summed E-state index contributed by atoms with van der Waals surface area (Å²) in [6.45, 7) is 8.33. The van der Waals surface area contributed by atoms with Gasteiger partial charge in [-0.05, 0) is 32.9 Å². The summed E-state index contributed by atoms with van der Waals surface area (Å²) >= 11 is 1.69. The van der Waals surface area contributed by atoms with Crippen molar-refractivity contribution in [2.24, 2.45) is 0 Å². The van der Waals surface area contributed by atoms with Crippen LogP contribution in [0.15, 0.2) is 17.6 Å². The average molecular weight is 264 g/mol. The minimum absolute atomic E-state index is 0.313. The third-order valence-corrected chi connectivity index (χ3v) is 3.78. The van der Waals surface area contributed by atoms with Gasteiger partial charge in [-0.2, -0.15) is 5.10 Å². The molecule has 18 heavy (non-hydrogen) atoms. The van der Waals surface area contributed by atoms with Crippen LogP contribution in [0.4, 0.5) is 0 Å². The normalized spacial score (nSPS) is 12.8. The summed E-state index contributed by atoms with van der Waals surface area (Å²) in [5.41, 5.74) is 2.23. The van der Waals surface area contributed by atoms with E-state index >= 15 is 0 Å². The Kier molecular flexibility index (Phi) is 4.49. The van der Waals surface area contributed by atoms with Crippen LogP contribution in [0.3, 0.4) is 0 Å². The smallest absolute Gasteiger partial charge is 0.141 e. The van der Waals surface area contributed by atoms with Gasteiger partial charge in [-0.1, -0.05) is 6.92 Å². The van der Waals surface area contributed by atoms with Gasteiger partial charge in [0, 0.05) is 24.2 Å². The number of aryl methyl sites for hydroxylation is 1. The minimum atomic E-state index is 0.313. The molecule has 2 heterocycles. The number of hydrogen-bond acceptors (Lipinski definition) is 4. The highest BCUT2D eigenvalue weighted by Gasteiger charge is 2.12. The quantitative estimate of drug-likeness (QED) is 0.872. The van der Waals surface area contributed by atoms with E-state index in [-0.39, 0.29) is 0 Å². The van der Waals surface area contributed by atoms with Gasteiger partial charge >= 0.3 is 0 Å². The van der Waals surface area contributed by atoms with Crippen molar-refractivity contribution in [2.75, 3.05) is 6.54 Å². The standard InChI is InChI=1S/C13H20N4S/c1-4-7-14-10(3)11-9-18-13(16-11)12-6-8-15-17(12)5-2/h6,8-10,14H,4-5,7H2,1-3H3. The van der Waals surface area contributed by atoms with E-state index < -0.39 is 0 Å². The van der Waals surface area contributed by atoms with Crippen LogP contribution in [-0.4, -0.2) is 21.3 Å². The molecule has 0 bridgehead atoms. The van der Waals surface area contributed by atoms with Gasteiger partial charge in [-0.15, -0.1) is 11.3 Å². The Balaban J connectivity index is 2.15. The fourth-order valence-electron chi connectivity index (χ4n) is 1.83. The van der Waals surface area contributed by atoms with E-state index in [2.05, 4.69) is 36.6 Å². The molecule has 5 heteroatoms. The molecule has 98 valence electrons. The van der Waals surface area contributed by atoms with Crippen molar-refractivity contribution < 1.29 is 0 Å². The van der Waals surface area contributed by atoms with Crippen molar-refractivity contribution in [3.63, 3.8) is 0 Å². The summed E-state index contributed by atoms with van der Waals surface area (Å²) in [4.78, 5) is 4.71. The second-order valence-electron chi connectivity index (χ2n) is 4.29. The van der Waals surface area contributed by atoms with Crippen LogP contribution in [-0.2, 0) is 6.54 Å². The van der Waals surface area contributed by atoms with E-state index in [4.69, 9.17) is 4.98 Å². The first-order chi connectivity index (χ1) is 8.76. The predicted molar refractivity (Wildman–Crippen MR) is 75.7 cm³/mol. The zero-order valence-corrected chi connectivity index (χ0v) is 12.0. The van der Waals surface area contributed by atoms with Crippen LogP contribution < -0.4 is 5.32 Å². The van der Waals surface area contributed by atoms with Gasteiger partial charge in [0.2, 0.25) is 0 Å². The van der Waals surface area contributed by atoms with Crippen LogP contribution in [0.2, 0.25) is 0 Å². The molecule has 0 radical (unpaired) electrons. The molecule has 0 aromatic carbocycles. The Morgan fingerprint density at radius 3 is 3.00 bits per heavy atom. The first-order valence-corrected chi connectivity index (χ1v) is 7.35. The van der Waals surface area contributed by atoms with E-state index in [1.807, 2.05) is 16.9 Å². The SMILES string of the molecule is CCCNC(C)c1csc(-c2ccnn2CC)n1. The van der Waals surface area contributed by atoms with E-state index in [9.17, 15) is 0 Å². The molecule has 1 atom stereocenters. The molecule has 0 saturated heterocycles. The number of thiazole rings is 1. The first kappa shape index (κ1) is 13.2. The van der Waals surface area contributed by atoms with Crippen molar-refractivity contribution in [3.05, 3.63) is 23.3 Å². The summed E-state index contributed by atoms with van der Waals surface area (Å²) in [7, 11) is 0. The van der Waals surface area contributed by atoms with Gasteiger partial charge < -0.3 is 5.32 Å². The first-order valence-electron chi connectivity index (χ1n) is 6.47. The predicted octanol–water partition coefficient (Wildman–Crippen LogP) is 3.09. The summed E-state index contributed by atoms with van der Waals surface area (Å²) < 4.78 is 1.98. The lowest BCUT2D eigenvalue weighted by Gasteiger charge is -2.09. The number of rotatable bonds is 6. The van der Waals surface area contributed by atoms with Crippen molar-refractivity contribution in [1.29, 1.82) is 0 Å². The van der Waals surface area contributed by atoms with E-state index in [1.165, 1.54) is 0 Å². The fourth-order valence-corrected chi connectivity index (χ4v) is 2.78. The molecule has 1 unspecified atom stereocenters. The van der Waals surface area contributed by atoms with E-state index in [0.29, 0.717) is 6.04 Å². The zero-order valence-electron chi connectivity index (χ0n) is 11.2. The number of nitrogens with zero attached hydrogens (tertiary/aromatic N) is 3. The Morgan fingerprint density at radius 2 is 2.28 bits per heavy atom. The second kappa shape index (κ2) is 6.11. The second-order valence-corrected chi connectivity index (χ2v) is 5.14. The summed E-state index contributed by atoms with van der Waals surface area (Å²) in [5, 5.41) is 10.9. The van der Waals surface area contributed by atoms with Gasteiger partial charge in [0.05, 0.1) is 11.4 Å². The lowest BCUT2D eigenvalue weighted by molar-refractivity contribution is 0.561. The van der Waals surface area contributed by atoms with E-state index in [1.54, 1.807) is 11.3 Å². The molecule has 4 nitrogen and oxygen atoms in total. The Bertz CT molecular complexity index is 489. The van der Waals surface area contributed by atoms with Gasteiger partial charge in [0.25, 0.3) is 0 Å². The molecule has 0 amide bonds. The molecular weight excluding hydrogens is 244 g/mol. The molecule has 2 aromatic heterocycles. The van der Waals surface area contributed by atoms with Gasteiger partial charge in [-0.3, -0.25) is 4.68 Å². The lowest BCUT2D eigenvalue weighted by Crippen LogP contribution is -2.19. The van der Waals surface area contributed by atoms with Crippen molar-refractivity contribution in [1.82, 2.24) is 20.1 Å². The maximum Gasteiger partial charge on any atom is 0.141 e. The molecule has 0 spiro atoms. The van der Waals surface area contributed by atoms with Gasteiger partial charge in [0.15, 0.2) is 0 Å². The summed E-state index contributed by atoms with van der Waals surface area (Å²) in [6, 6.07) is 2.34. The minimum Gasteiger partial charge on any atom is -0.309 e. The molecular formula is C13H20N4S. The van der Waals surface area contributed by atoms with E-state index in [0.717, 1.165) is 35.9 Å². The fraction of sp³-hybridized carbons (Fsp3) is 0.538. The molecule has 0 aliphatic heterocycles. The Hall–Kier alpha value is -1.20. The molecule has 0 saturated carbocycles. The lowest BCUT2D eigenvalue weighted by atomic mass is 10.2. The van der Waals surface area contributed by atoms with Crippen LogP contribution >= 0.6 is 11.3 Å². The molecule has 2 rings (SSSR count). The zero-order chi connectivity index (χ0) is 13.0. The number of aromatic nitrogens is 3. The highest BCUT2D eigenvalue weighted by molar-refractivity contribution is 7.13. The Morgan fingerprint density at radius 1 is 1.44 bits per heavy atom. The molecule has 2 aromatic rings. The van der Waals surface area contributed by atoms with Gasteiger partial charge in [-0.25, -0.2) is 4.98 Å². The largest absolute Gasteiger partial charge is 0.309 e. The highest BCUT2D eigenvalue weighted by Crippen LogP contribution is 2.25. The van der Waals surface area contributed by atoms with Crippen molar-refractivity contribution in [3.8, 4) is 10.7 Å². The third kappa shape index (κ3) is 2.79. The van der Waals surface area contributed by atoms with Crippen LogP contribution in [0, 0.1) is 0 Å². The van der Waals surface area contributed by atoms with Crippen molar-refractivity contribution >= 4 is 11.3 Å². The summed E-state index contributed by atoms with van der Waals surface area (Å²) in [5.74, 6) is 0. The maximum atomic E-state index is 4.71. The summed E-state index contributed by atoms with van der Waals surface area (Å²) in [6.07, 6.45) is 2.97. The average Bonchev–Trinajstić information content (AvgIpc) is 3.02. The molecule has 0 aliphatic carbocycles. The monoisotopic (exact) mass is 264 g/mol.